The third-order valence-electron chi connectivity index (χ3n) is 17.7. The van der Waals surface area contributed by atoms with E-state index in [0.29, 0.717) is 95.1 Å². The molecule has 0 aliphatic heterocycles. The van der Waals surface area contributed by atoms with Crippen molar-refractivity contribution in [3.8, 4) is 0 Å². The number of anilines is 6. The third kappa shape index (κ3) is 12.8. The standard InChI is InChI=1S/C55H74ClN27O6/c1-3-78-21-33(59-25-78)13-15-57-52-69-47(41-49(71-52)80(27-61-41)37-17-39(45(88)43(37)86)82-63-19-35(23-84)76-82)65-29-5-9-31(10-6-29)67-54-73-51(56)74-55(75-54)68-32-11-7-30(8-12-32)66-48-42-50(72-53(70-48)58-16-14-34-22-79(4-2)26-60-34)81(28-62-42)38-18-40(46(89)44(38)87)83-64-20-36(24-85)77-83/h19-22,25-32,37-40,43-46,84-89H,3-18,23-24H2,1-2H3,(H2,57,65,69,71)(H2,58,66,70,72)(H2,67,68,73,74,75)/t29-,30-,31-,32-,37-,38-,39+,40+,43+,44+,45-,46-/m1/s1. The summed E-state index contributed by atoms with van der Waals surface area (Å²) in [5, 5.41) is 103. The van der Waals surface area contributed by atoms with Crippen molar-refractivity contribution < 1.29 is 30.6 Å². The fourth-order valence-corrected chi connectivity index (χ4v) is 12.9. The van der Waals surface area contributed by atoms with Crippen LogP contribution in [-0.4, -0.2) is 195 Å². The van der Waals surface area contributed by atoms with E-state index in [2.05, 4.69) is 86.1 Å². The number of aliphatic hydroxyl groups is 6. The van der Waals surface area contributed by atoms with Crippen LogP contribution in [0.2, 0.25) is 5.28 Å². The van der Waals surface area contributed by atoms with Crippen LogP contribution in [0.4, 0.5) is 35.4 Å². The van der Waals surface area contributed by atoms with Gasteiger partial charge in [0.05, 0.1) is 74.4 Å². The highest BCUT2D eigenvalue weighted by molar-refractivity contribution is 6.28. The van der Waals surface area contributed by atoms with Gasteiger partial charge in [-0.15, -0.1) is 0 Å². The van der Waals surface area contributed by atoms with E-state index >= 15 is 0 Å². The van der Waals surface area contributed by atoms with Gasteiger partial charge < -0.3 is 80.8 Å². The highest BCUT2D eigenvalue weighted by Gasteiger charge is 2.47. The van der Waals surface area contributed by atoms with Crippen molar-refractivity contribution in [2.24, 2.45) is 0 Å². The number of halogens is 1. The fraction of sp³-hybridized carbons (Fsp3) is 0.582. The zero-order valence-electron chi connectivity index (χ0n) is 49.2. The zero-order chi connectivity index (χ0) is 61.3. The lowest BCUT2D eigenvalue weighted by Gasteiger charge is -2.31. The van der Waals surface area contributed by atoms with E-state index in [1.807, 2.05) is 34.2 Å². The smallest absolute Gasteiger partial charge is 0.229 e. The summed E-state index contributed by atoms with van der Waals surface area (Å²) in [5.74, 6) is 2.61. The molecule has 0 bridgehead atoms. The van der Waals surface area contributed by atoms with Crippen LogP contribution in [0.1, 0.15) is 125 Å². The van der Waals surface area contributed by atoms with Crippen LogP contribution < -0.4 is 31.9 Å². The van der Waals surface area contributed by atoms with Gasteiger partial charge in [-0.1, -0.05) is 0 Å². The maximum Gasteiger partial charge on any atom is 0.229 e. The van der Waals surface area contributed by atoms with E-state index < -0.39 is 48.6 Å². The zero-order valence-corrected chi connectivity index (χ0v) is 50.0. The Balaban J connectivity index is 0.642. The highest BCUT2D eigenvalue weighted by atomic mass is 35.5. The largest absolute Gasteiger partial charge is 0.390 e. The number of aromatic nitrogens is 21. The Labute approximate surface area is 514 Å². The summed E-state index contributed by atoms with van der Waals surface area (Å²) in [6, 6.07) is -2.34. The minimum absolute atomic E-state index is 0.0353. The summed E-state index contributed by atoms with van der Waals surface area (Å²) < 4.78 is 7.62. The summed E-state index contributed by atoms with van der Waals surface area (Å²) in [6.45, 7) is 6.21. The first-order chi connectivity index (χ1) is 43.4. The Morgan fingerprint density at radius 1 is 0.472 bits per heavy atom. The molecule has 34 heteroatoms. The number of nitrogens with one attached hydrogen (secondary N) is 6. The molecule has 89 heavy (non-hydrogen) atoms. The molecular formula is C55H74ClN27O6. The van der Waals surface area contributed by atoms with Crippen molar-refractivity contribution in [1.29, 1.82) is 0 Å². The van der Waals surface area contributed by atoms with Crippen LogP contribution in [0, 0.1) is 0 Å². The second-order valence-electron chi connectivity index (χ2n) is 23.4. The van der Waals surface area contributed by atoms with Gasteiger partial charge in [-0.25, -0.2) is 19.9 Å². The number of hydrogen-bond acceptors (Lipinski definition) is 27. The van der Waals surface area contributed by atoms with Crippen LogP contribution in [0.3, 0.4) is 0 Å². The Morgan fingerprint density at radius 3 is 1.26 bits per heavy atom. The van der Waals surface area contributed by atoms with Gasteiger partial charge in [0.2, 0.25) is 29.1 Å². The van der Waals surface area contributed by atoms with Crippen LogP contribution in [0.25, 0.3) is 22.3 Å². The first-order valence-corrected chi connectivity index (χ1v) is 31.0. The molecule has 4 fully saturated rings. The van der Waals surface area contributed by atoms with Gasteiger partial charge in [0.15, 0.2) is 34.0 Å². The molecule has 0 saturated heterocycles. The topological polar surface area (TPSA) is 416 Å². The van der Waals surface area contributed by atoms with Gasteiger partial charge in [-0.3, -0.25) is 0 Å². The van der Waals surface area contributed by atoms with Gasteiger partial charge >= 0.3 is 0 Å². The van der Waals surface area contributed by atoms with Crippen molar-refractivity contribution in [2.45, 2.75) is 190 Å². The Bertz CT molecular complexity index is 3610. The quantitative estimate of drug-likeness (QED) is 0.0412. The number of fused-ring (bicyclic) bond motifs is 2. The van der Waals surface area contributed by atoms with Gasteiger partial charge in [-0.2, -0.15) is 64.9 Å². The predicted octanol–water partition coefficient (Wildman–Crippen LogP) is 2.20. The summed E-state index contributed by atoms with van der Waals surface area (Å²) in [7, 11) is 0. The molecule has 12 N–H and O–H groups in total. The van der Waals surface area contributed by atoms with Crippen LogP contribution >= 0.6 is 11.6 Å². The minimum Gasteiger partial charge on any atom is -0.390 e. The lowest BCUT2D eigenvalue weighted by atomic mass is 9.91. The molecule has 0 unspecified atom stereocenters. The van der Waals surface area contributed by atoms with Gasteiger partial charge in [-0.05, 0) is 89.7 Å². The molecule has 4 aliphatic rings. The first kappa shape index (κ1) is 59.6. The van der Waals surface area contributed by atoms with Crippen molar-refractivity contribution in [3.05, 3.63) is 78.2 Å². The van der Waals surface area contributed by atoms with Gasteiger partial charge in [0, 0.05) is 75.6 Å². The molecule has 4 saturated carbocycles. The molecule has 8 atom stereocenters. The maximum atomic E-state index is 11.4. The fourth-order valence-electron chi connectivity index (χ4n) is 12.8. The van der Waals surface area contributed by atoms with Crippen LogP contribution in [0.5, 0.6) is 0 Å². The van der Waals surface area contributed by atoms with E-state index in [4.69, 9.17) is 46.5 Å². The predicted molar refractivity (Wildman–Crippen MR) is 324 cm³/mol. The molecule has 0 amide bonds. The second-order valence-corrected chi connectivity index (χ2v) is 23.8. The molecular weight excluding hydrogens is 1170 g/mol. The number of hydrogen-bond donors (Lipinski definition) is 12. The Kier molecular flexibility index (Phi) is 17.4. The number of aryl methyl sites for hydroxylation is 2. The van der Waals surface area contributed by atoms with E-state index in [1.165, 1.54) is 22.0 Å². The molecule has 9 aromatic heterocycles. The number of rotatable bonds is 24. The highest BCUT2D eigenvalue weighted by Crippen LogP contribution is 2.42. The van der Waals surface area contributed by atoms with E-state index in [0.717, 1.165) is 75.8 Å². The number of imidazole rings is 4. The molecule has 0 aromatic carbocycles. The molecule has 0 spiro atoms. The van der Waals surface area contributed by atoms with E-state index in [-0.39, 0.29) is 55.5 Å². The molecule has 472 valence electrons. The van der Waals surface area contributed by atoms with Crippen molar-refractivity contribution in [3.63, 3.8) is 0 Å². The van der Waals surface area contributed by atoms with Crippen LogP contribution in [-0.2, 0) is 39.1 Å². The average Bonchev–Trinajstić information content (AvgIpc) is 1.79. The molecule has 33 nitrogen and oxygen atoms in total. The summed E-state index contributed by atoms with van der Waals surface area (Å²) in [6.07, 6.45) is 17.2. The van der Waals surface area contributed by atoms with E-state index in [1.54, 1.807) is 21.8 Å². The monoisotopic (exact) mass is 1240 g/mol. The molecule has 9 aromatic rings. The Hall–Kier alpha value is -8.34. The first-order valence-electron chi connectivity index (χ1n) is 30.6. The summed E-state index contributed by atoms with van der Waals surface area (Å²) in [5.41, 5.74) is 4.62. The SMILES string of the molecule is CCn1cnc(CCNc2nc(N[C@H]3CC[C@H](Nc4nc(Cl)nc(N[C@H]5CC[C@H](Nc6nc(NCCc7cn(CC)cn7)nc7c6ncn7[C@@H]6C[C@H](n7ncc(CO)n7)[C@@H](O)[C@H]6O)CC5)n4)CC3)c3ncn([C@@H]4C[C@H](n5ncc(CO)n5)[C@@H](O)[C@H]4O)c3n2)c1. The van der Waals surface area contributed by atoms with E-state index in [9.17, 15) is 30.6 Å². The lowest BCUT2D eigenvalue weighted by Crippen LogP contribution is -2.34. The maximum absolute atomic E-state index is 11.4. The number of aliphatic hydroxyl groups excluding tert-OH is 6. The van der Waals surface area contributed by atoms with Crippen molar-refractivity contribution in [2.75, 3.05) is 45.0 Å². The van der Waals surface area contributed by atoms with Gasteiger partial charge in [0.1, 0.15) is 47.9 Å². The third-order valence-corrected chi connectivity index (χ3v) is 17.8. The summed E-state index contributed by atoms with van der Waals surface area (Å²) >= 11 is 6.57. The lowest BCUT2D eigenvalue weighted by molar-refractivity contribution is 0.00491. The normalized spacial score (nSPS) is 25.5. The Morgan fingerprint density at radius 2 is 0.876 bits per heavy atom. The average molecular weight is 1240 g/mol. The van der Waals surface area contributed by atoms with Crippen LogP contribution in [0.15, 0.2) is 50.1 Å². The van der Waals surface area contributed by atoms with Crippen molar-refractivity contribution >= 4 is 69.4 Å². The molecule has 0 radical (unpaired) electrons. The second kappa shape index (κ2) is 26.0. The molecule has 13 rings (SSSR count). The number of nitrogens with zero attached hydrogens (tertiary/aromatic N) is 21. The van der Waals surface area contributed by atoms with Gasteiger partial charge in [0.25, 0.3) is 0 Å². The van der Waals surface area contributed by atoms with Crippen molar-refractivity contribution in [1.82, 2.24) is 103 Å². The summed E-state index contributed by atoms with van der Waals surface area (Å²) in [4.78, 5) is 54.7. The molecule has 9 heterocycles. The molecule has 4 aliphatic carbocycles. The minimum atomic E-state index is -1.18.